The van der Waals surface area contributed by atoms with Crippen LogP contribution in [0.2, 0.25) is 0 Å². The van der Waals surface area contributed by atoms with Gasteiger partial charge in [-0.3, -0.25) is 9.79 Å². The minimum atomic E-state index is 0.223. The molecule has 0 spiro atoms. The van der Waals surface area contributed by atoms with E-state index < -0.39 is 0 Å². The molecule has 1 aromatic heterocycles. The van der Waals surface area contributed by atoms with Crippen LogP contribution in [-0.2, 0) is 11.3 Å². The Hall–Kier alpha value is -2.68. The molecule has 0 aromatic carbocycles. The van der Waals surface area contributed by atoms with Crippen LogP contribution in [0, 0.1) is 11.3 Å². The van der Waals surface area contributed by atoms with Gasteiger partial charge in [0.2, 0.25) is 5.91 Å². The third kappa shape index (κ3) is 3.70. The predicted octanol–water partition coefficient (Wildman–Crippen LogP) is 2.02. The SMILES string of the molecule is C=N/C(=C\C(C#N)=C/C)c1cn(CCN2CCCC2=O)cn1. The van der Waals surface area contributed by atoms with Crippen LogP contribution in [0.15, 0.2) is 35.2 Å². The highest BCUT2D eigenvalue weighted by Gasteiger charge is 2.19. The average Bonchev–Trinajstić information content (AvgIpc) is 3.16. The van der Waals surface area contributed by atoms with Gasteiger partial charge in [0, 0.05) is 37.8 Å². The third-order valence-electron chi connectivity index (χ3n) is 3.60. The molecule has 0 N–H and O–H groups in total. The normalized spacial score (nSPS) is 16.0. The van der Waals surface area contributed by atoms with Crippen molar-refractivity contribution in [1.82, 2.24) is 14.5 Å². The Kier molecular flexibility index (Phi) is 5.26. The standard InChI is InChI=1S/C16H19N5O/c1-3-13(10-17)9-14(18-2)15-11-20(12-19-15)7-8-21-6-4-5-16(21)22/h3,9,11-12H,2,4-8H2,1H3/b13-3+,14-9-. The molecule has 1 aliphatic heterocycles. The lowest BCUT2D eigenvalue weighted by Gasteiger charge is -2.15. The van der Waals surface area contributed by atoms with Crippen LogP contribution in [0.5, 0.6) is 0 Å². The van der Waals surface area contributed by atoms with Gasteiger partial charge in [-0.2, -0.15) is 5.26 Å². The maximum Gasteiger partial charge on any atom is 0.222 e. The number of amides is 1. The topological polar surface area (TPSA) is 74.3 Å². The van der Waals surface area contributed by atoms with Crippen LogP contribution in [0.1, 0.15) is 25.5 Å². The molecular weight excluding hydrogens is 278 g/mol. The summed E-state index contributed by atoms with van der Waals surface area (Å²) < 4.78 is 1.92. The fourth-order valence-electron chi connectivity index (χ4n) is 2.32. The summed E-state index contributed by atoms with van der Waals surface area (Å²) in [6, 6.07) is 2.08. The van der Waals surface area contributed by atoms with E-state index in [1.54, 1.807) is 25.4 Å². The monoisotopic (exact) mass is 297 g/mol. The molecule has 22 heavy (non-hydrogen) atoms. The predicted molar refractivity (Wildman–Crippen MR) is 84.9 cm³/mol. The second-order valence-electron chi connectivity index (χ2n) is 5.02. The molecule has 2 heterocycles. The number of hydrogen-bond donors (Lipinski definition) is 0. The first-order chi connectivity index (χ1) is 10.7. The zero-order valence-corrected chi connectivity index (χ0v) is 12.7. The van der Waals surface area contributed by atoms with E-state index in [1.165, 1.54) is 0 Å². The van der Waals surface area contributed by atoms with Crippen LogP contribution in [0.4, 0.5) is 0 Å². The lowest BCUT2D eigenvalue weighted by Crippen LogP contribution is -2.28. The lowest BCUT2D eigenvalue weighted by atomic mass is 10.2. The smallest absolute Gasteiger partial charge is 0.222 e. The first kappa shape index (κ1) is 15.7. The molecule has 0 unspecified atom stereocenters. The van der Waals surface area contributed by atoms with Gasteiger partial charge in [-0.1, -0.05) is 6.08 Å². The van der Waals surface area contributed by atoms with E-state index in [1.807, 2.05) is 15.7 Å². The first-order valence-electron chi connectivity index (χ1n) is 7.22. The molecule has 0 aliphatic carbocycles. The second-order valence-corrected chi connectivity index (χ2v) is 5.02. The zero-order chi connectivity index (χ0) is 15.9. The van der Waals surface area contributed by atoms with Crippen molar-refractivity contribution in [3.63, 3.8) is 0 Å². The molecule has 0 radical (unpaired) electrons. The number of nitrogens with zero attached hydrogens (tertiary/aromatic N) is 5. The summed E-state index contributed by atoms with van der Waals surface area (Å²) in [5.41, 5.74) is 1.74. The van der Waals surface area contributed by atoms with Crippen molar-refractivity contribution in [3.8, 4) is 6.07 Å². The highest BCUT2D eigenvalue weighted by molar-refractivity contribution is 5.78. The summed E-state index contributed by atoms with van der Waals surface area (Å²) in [6.45, 7) is 7.54. The van der Waals surface area contributed by atoms with Crippen LogP contribution < -0.4 is 0 Å². The Morgan fingerprint density at radius 2 is 2.41 bits per heavy atom. The molecular formula is C16H19N5O. The van der Waals surface area contributed by atoms with Gasteiger partial charge in [0.1, 0.15) is 5.69 Å². The molecule has 6 nitrogen and oxygen atoms in total. The van der Waals surface area contributed by atoms with Crippen LogP contribution in [0.25, 0.3) is 5.70 Å². The van der Waals surface area contributed by atoms with Crippen molar-refractivity contribution in [2.24, 2.45) is 4.99 Å². The number of rotatable bonds is 6. The summed E-state index contributed by atoms with van der Waals surface area (Å²) in [5, 5.41) is 8.96. The minimum absolute atomic E-state index is 0.223. The molecule has 1 amide bonds. The highest BCUT2D eigenvalue weighted by Crippen LogP contribution is 2.16. The molecule has 1 saturated heterocycles. The molecule has 1 fully saturated rings. The molecule has 1 aliphatic rings. The Balaban J connectivity index is 2.05. The number of nitriles is 1. The molecule has 114 valence electrons. The number of aliphatic imine (C=N–C) groups is 1. The van der Waals surface area contributed by atoms with Crippen molar-refractivity contribution in [2.75, 3.05) is 13.1 Å². The maximum absolute atomic E-state index is 11.6. The quantitative estimate of drug-likeness (QED) is 0.458. The Morgan fingerprint density at radius 3 is 3.00 bits per heavy atom. The molecule has 2 rings (SSSR count). The van der Waals surface area contributed by atoms with Gasteiger partial charge in [-0.15, -0.1) is 0 Å². The first-order valence-corrected chi connectivity index (χ1v) is 7.22. The summed E-state index contributed by atoms with van der Waals surface area (Å²) >= 11 is 0. The largest absolute Gasteiger partial charge is 0.341 e. The van der Waals surface area contributed by atoms with Crippen molar-refractivity contribution in [2.45, 2.75) is 26.3 Å². The molecule has 0 bridgehead atoms. The van der Waals surface area contributed by atoms with Gasteiger partial charge in [-0.05, 0) is 26.1 Å². The summed E-state index contributed by atoms with van der Waals surface area (Å²) in [4.78, 5) is 21.7. The molecule has 0 saturated carbocycles. The third-order valence-corrected chi connectivity index (χ3v) is 3.60. The average molecular weight is 297 g/mol. The fourth-order valence-corrected chi connectivity index (χ4v) is 2.32. The second kappa shape index (κ2) is 7.36. The van der Waals surface area contributed by atoms with Crippen LogP contribution >= 0.6 is 0 Å². The van der Waals surface area contributed by atoms with Gasteiger partial charge >= 0.3 is 0 Å². The van der Waals surface area contributed by atoms with Gasteiger partial charge < -0.3 is 9.47 Å². The van der Waals surface area contributed by atoms with Crippen molar-refractivity contribution in [3.05, 3.63) is 35.9 Å². The molecule has 0 atom stereocenters. The lowest BCUT2D eigenvalue weighted by molar-refractivity contribution is -0.127. The number of allylic oxidation sites excluding steroid dienone is 3. The summed E-state index contributed by atoms with van der Waals surface area (Å²) in [6.07, 6.45) is 8.53. The zero-order valence-electron chi connectivity index (χ0n) is 12.7. The van der Waals surface area contributed by atoms with E-state index >= 15 is 0 Å². The van der Waals surface area contributed by atoms with Gasteiger partial charge in [0.05, 0.1) is 18.1 Å². The van der Waals surface area contributed by atoms with Crippen molar-refractivity contribution in [1.29, 1.82) is 5.26 Å². The Morgan fingerprint density at radius 1 is 1.59 bits per heavy atom. The molecule has 1 aromatic rings. The van der Waals surface area contributed by atoms with E-state index in [0.29, 0.717) is 36.5 Å². The van der Waals surface area contributed by atoms with E-state index in [2.05, 4.69) is 22.8 Å². The number of hydrogen-bond acceptors (Lipinski definition) is 4. The summed E-state index contributed by atoms with van der Waals surface area (Å²) in [7, 11) is 0. The fraction of sp³-hybridized carbons (Fsp3) is 0.375. The summed E-state index contributed by atoms with van der Waals surface area (Å²) in [5.74, 6) is 0.223. The number of imidazole rings is 1. The van der Waals surface area contributed by atoms with Crippen LogP contribution in [-0.4, -0.2) is 40.2 Å². The van der Waals surface area contributed by atoms with E-state index in [-0.39, 0.29) is 5.91 Å². The number of carbonyl (C=O) groups excluding carboxylic acids is 1. The van der Waals surface area contributed by atoms with Gasteiger partial charge in [0.25, 0.3) is 0 Å². The van der Waals surface area contributed by atoms with Crippen molar-refractivity contribution < 1.29 is 4.79 Å². The van der Waals surface area contributed by atoms with E-state index in [0.717, 1.165) is 13.0 Å². The number of likely N-dealkylation sites (tertiary alicyclic amines) is 1. The highest BCUT2D eigenvalue weighted by atomic mass is 16.2. The number of aromatic nitrogens is 2. The Labute approximate surface area is 130 Å². The van der Waals surface area contributed by atoms with E-state index in [4.69, 9.17) is 5.26 Å². The van der Waals surface area contributed by atoms with Crippen molar-refractivity contribution >= 4 is 18.3 Å². The maximum atomic E-state index is 11.6. The van der Waals surface area contributed by atoms with Crippen LogP contribution in [0.3, 0.4) is 0 Å². The Bertz CT molecular complexity index is 662. The van der Waals surface area contributed by atoms with Gasteiger partial charge in [0.15, 0.2) is 0 Å². The van der Waals surface area contributed by atoms with E-state index in [9.17, 15) is 4.79 Å². The minimum Gasteiger partial charge on any atom is -0.341 e. The van der Waals surface area contributed by atoms with Gasteiger partial charge in [-0.25, -0.2) is 4.98 Å². The molecule has 6 heteroatoms. The number of carbonyl (C=O) groups is 1.